The van der Waals surface area contributed by atoms with Crippen LogP contribution in [0.5, 0.6) is 5.75 Å². The molecule has 0 saturated heterocycles. The van der Waals surface area contributed by atoms with E-state index in [1.54, 1.807) is 7.11 Å². The molecule has 0 fully saturated rings. The lowest BCUT2D eigenvalue weighted by atomic mass is 10.1. The fourth-order valence-electron chi connectivity index (χ4n) is 3.34. The van der Waals surface area contributed by atoms with Crippen molar-refractivity contribution in [1.29, 1.82) is 0 Å². The first-order valence-electron chi connectivity index (χ1n) is 7.59. The van der Waals surface area contributed by atoms with E-state index in [0.29, 0.717) is 0 Å². The second-order valence-electron chi connectivity index (χ2n) is 5.94. The van der Waals surface area contributed by atoms with Crippen molar-refractivity contribution in [2.24, 2.45) is 0 Å². The number of fused-ring (bicyclic) bond motifs is 7. The van der Waals surface area contributed by atoms with E-state index in [9.17, 15) is 0 Å². The number of thioether (sulfide) groups is 1. The third-order valence-corrected chi connectivity index (χ3v) is 5.63. The Morgan fingerprint density at radius 1 is 1.13 bits per heavy atom. The summed E-state index contributed by atoms with van der Waals surface area (Å²) in [6, 6.07) is 12.5. The van der Waals surface area contributed by atoms with Crippen LogP contribution in [-0.4, -0.2) is 12.1 Å². The molecule has 0 atom stereocenters. The first kappa shape index (κ1) is 13.1. The van der Waals surface area contributed by atoms with Gasteiger partial charge < -0.3 is 14.1 Å². The van der Waals surface area contributed by atoms with Crippen LogP contribution < -0.4 is 4.74 Å². The van der Waals surface area contributed by atoms with Crippen molar-refractivity contribution < 1.29 is 9.15 Å². The summed E-state index contributed by atoms with van der Waals surface area (Å²) in [5.74, 6) is 2.77. The van der Waals surface area contributed by atoms with Crippen LogP contribution in [0.3, 0.4) is 0 Å². The Kier molecular flexibility index (Phi) is 2.62. The zero-order valence-corrected chi connectivity index (χ0v) is 13.7. The summed E-state index contributed by atoms with van der Waals surface area (Å²) in [4.78, 5) is 4.75. The van der Waals surface area contributed by atoms with Gasteiger partial charge in [-0.05, 0) is 42.8 Å². The lowest BCUT2D eigenvalue weighted by molar-refractivity contribution is 0.415. The molecule has 23 heavy (non-hydrogen) atoms. The Balaban J connectivity index is 1.82. The summed E-state index contributed by atoms with van der Waals surface area (Å²) >= 11 is 1.84. The Morgan fingerprint density at radius 2 is 2.04 bits per heavy atom. The van der Waals surface area contributed by atoms with Crippen LogP contribution >= 0.6 is 11.8 Å². The maximum absolute atomic E-state index is 6.17. The number of hydrogen-bond acceptors (Lipinski definition) is 3. The Bertz CT molecular complexity index is 1070. The number of aromatic amines is 1. The molecular weight excluding hydrogens is 306 g/mol. The molecule has 0 amide bonds. The van der Waals surface area contributed by atoms with Gasteiger partial charge in [-0.15, -0.1) is 11.8 Å². The fourth-order valence-corrected chi connectivity index (χ4v) is 4.52. The molecular formula is C19H15NO2S. The fraction of sp³-hybridized carbons (Fsp3) is 0.158. The summed E-state index contributed by atoms with van der Waals surface area (Å²) in [6.45, 7) is 2.13. The topological polar surface area (TPSA) is 38.2 Å². The lowest BCUT2D eigenvalue weighted by Crippen LogP contribution is -1.91. The van der Waals surface area contributed by atoms with E-state index < -0.39 is 0 Å². The van der Waals surface area contributed by atoms with Crippen molar-refractivity contribution in [1.82, 2.24) is 4.98 Å². The molecule has 4 heteroatoms. The molecule has 2 aromatic heterocycles. The SMILES string of the molecule is COc1ccc2oc3c(c2c1)SCc1c-3[nH]c2ccc(C)cc12. The van der Waals surface area contributed by atoms with Crippen molar-refractivity contribution >= 4 is 33.6 Å². The van der Waals surface area contributed by atoms with Gasteiger partial charge in [0, 0.05) is 22.0 Å². The Morgan fingerprint density at radius 3 is 2.91 bits per heavy atom. The molecule has 1 aliphatic heterocycles. The van der Waals surface area contributed by atoms with E-state index in [1.165, 1.54) is 26.9 Å². The zero-order valence-electron chi connectivity index (χ0n) is 12.9. The number of benzene rings is 2. The third-order valence-electron chi connectivity index (χ3n) is 4.50. The summed E-state index contributed by atoms with van der Waals surface area (Å²) in [6.07, 6.45) is 0. The first-order valence-corrected chi connectivity index (χ1v) is 8.58. The van der Waals surface area contributed by atoms with Gasteiger partial charge in [-0.25, -0.2) is 0 Å². The monoisotopic (exact) mass is 321 g/mol. The smallest absolute Gasteiger partial charge is 0.165 e. The van der Waals surface area contributed by atoms with Gasteiger partial charge in [0.25, 0.3) is 0 Å². The number of ether oxygens (including phenoxy) is 1. The second kappa shape index (κ2) is 4.59. The van der Waals surface area contributed by atoms with Crippen molar-refractivity contribution in [3.05, 3.63) is 47.5 Å². The molecule has 0 aliphatic carbocycles. The first-order chi connectivity index (χ1) is 11.2. The zero-order chi connectivity index (χ0) is 15.6. The molecule has 1 aliphatic rings. The highest BCUT2D eigenvalue weighted by Gasteiger charge is 2.27. The summed E-state index contributed by atoms with van der Waals surface area (Å²) in [5, 5.41) is 2.43. The Labute approximate surface area is 137 Å². The summed E-state index contributed by atoms with van der Waals surface area (Å²) in [7, 11) is 1.69. The Hall–Kier alpha value is -2.33. The van der Waals surface area contributed by atoms with Gasteiger partial charge >= 0.3 is 0 Å². The molecule has 4 aromatic rings. The lowest BCUT2D eigenvalue weighted by Gasteiger charge is -2.11. The third kappa shape index (κ3) is 1.78. The van der Waals surface area contributed by atoms with Gasteiger partial charge in [-0.2, -0.15) is 0 Å². The molecule has 0 saturated carbocycles. The number of furan rings is 1. The number of nitrogens with one attached hydrogen (secondary N) is 1. The highest BCUT2D eigenvalue weighted by Crippen LogP contribution is 2.49. The predicted molar refractivity (Wildman–Crippen MR) is 94.4 cm³/mol. The predicted octanol–water partition coefficient (Wildman–Crippen LogP) is 5.50. The van der Waals surface area contributed by atoms with Gasteiger partial charge in [0.1, 0.15) is 11.3 Å². The molecule has 5 rings (SSSR count). The quantitative estimate of drug-likeness (QED) is 0.503. The van der Waals surface area contributed by atoms with Gasteiger partial charge in [-0.1, -0.05) is 11.6 Å². The maximum Gasteiger partial charge on any atom is 0.165 e. The van der Waals surface area contributed by atoms with E-state index in [2.05, 4.69) is 36.2 Å². The minimum atomic E-state index is 0.861. The van der Waals surface area contributed by atoms with Gasteiger partial charge in [0.05, 0.1) is 17.7 Å². The number of hydrogen-bond donors (Lipinski definition) is 1. The van der Waals surface area contributed by atoms with E-state index >= 15 is 0 Å². The molecule has 0 bridgehead atoms. The van der Waals surface area contributed by atoms with Gasteiger partial charge in [0.15, 0.2) is 5.76 Å². The van der Waals surface area contributed by atoms with Crippen LogP contribution in [-0.2, 0) is 5.75 Å². The number of aromatic nitrogens is 1. The molecule has 3 nitrogen and oxygen atoms in total. The van der Waals surface area contributed by atoms with Crippen LogP contribution in [0.1, 0.15) is 11.1 Å². The van der Waals surface area contributed by atoms with Crippen molar-refractivity contribution in [3.63, 3.8) is 0 Å². The van der Waals surface area contributed by atoms with Gasteiger partial charge in [-0.3, -0.25) is 0 Å². The van der Waals surface area contributed by atoms with Crippen molar-refractivity contribution in [3.8, 4) is 17.2 Å². The number of methoxy groups -OCH3 is 1. The molecule has 0 unspecified atom stereocenters. The van der Waals surface area contributed by atoms with Gasteiger partial charge in [0.2, 0.25) is 0 Å². The van der Waals surface area contributed by atoms with Crippen molar-refractivity contribution in [2.45, 2.75) is 17.6 Å². The minimum Gasteiger partial charge on any atom is -0.497 e. The van der Waals surface area contributed by atoms with Crippen LogP contribution in [0, 0.1) is 6.92 Å². The van der Waals surface area contributed by atoms with Crippen LogP contribution in [0.25, 0.3) is 33.3 Å². The molecule has 0 spiro atoms. The van der Waals surface area contributed by atoms with E-state index in [1.807, 2.05) is 23.9 Å². The summed E-state index contributed by atoms with van der Waals surface area (Å²) < 4.78 is 11.5. The standard InChI is InChI=1S/C19H15NO2S/c1-10-3-5-15-12(7-10)14-9-23-19-13-8-11(21-2)4-6-16(13)22-18(19)17(14)20-15/h3-8,20H,9H2,1-2H3. The average molecular weight is 321 g/mol. The van der Waals surface area contributed by atoms with Crippen LogP contribution in [0.15, 0.2) is 45.7 Å². The highest BCUT2D eigenvalue weighted by atomic mass is 32.2. The minimum absolute atomic E-state index is 0.861. The van der Waals surface area contributed by atoms with E-state index in [4.69, 9.17) is 9.15 Å². The average Bonchev–Trinajstić information content (AvgIpc) is 3.12. The molecule has 114 valence electrons. The highest BCUT2D eigenvalue weighted by molar-refractivity contribution is 7.99. The van der Waals surface area contributed by atoms with Crippen LogP contribution in [0.4, 0.5) is 0 Å². The molecule has 1 N–H and O–H groups in total. The second-order valence-corrected chi connectivity index (χ2v) is 6.92. The largest absolute Gasteiger partial charge is 0.497 e. The normalized spacial score (nSPS) is 13.3. The maximum atomic E-state index is 6.17. The number of rotatable bonds is 1. The number of H-pyrrole nitrogens is 1. The molecule has 3 heterocycles. The van der Waals surface area contributed by atoms with Crippen molar-refractivity contribution in [2.75, 3.05) is 7.11 Å². The summed E-state index contributed by atoms with van der Waals surface area (Å²) in [5.41, 5.74) is 5.82. The van der Waals surface area contributed by atoms with E-state index in [0.717, 1.165) is 33.9 Å². The molecule has 0 radical (unpaired) electrons. The number of aryl methyl sites for hydroxylation is 1. The van der Waals surface area contributed by atoms with E-state index in [-0.39, 0.29) is 0 Å². The van der Waals surface area contributed by atoms with Crippen LogP contribution in [0.2, 0.25) is 0 Å². The molecule has 2 aromatic carbocycles.